The number of amides is 9. The van der Waals surface area contributed by atoms with E-state index in [1.807, 2.05) is 0 Å². The fourth-order valence-corrected chi connectivity index (χ4v) is 15.2. The van der Waals surface area contributed by atoms with Crippen LogP contribution in [0.3, 0.4) is 0 Å². The molecular formula is C68H90F2N10O21S2. The predicted molar refractivity (Wildman–Crippen MR) is 359 cm³/mol. The number of nitrogens with two attached hydrogens (primary N) is 1. The molecule has 6 aliphatic heterocycles. The van der Waals surface area contributed by atoms with Crippen LogP contribution >= 0.6 is 0 Å². The largest absolute Gasteiger partial charge is 0.479 e. The van der Waals surface area contributed by atoms with Gasteiger partial charge >= 0.3 is 30.3 Å². The molecule has 4 saturated carbocycles. The number of sulfonamides is 2. The lowest BCUT2D eigenvalue weighted by Gasteiger charge is -2.30. The third kappa shape index (κ3) is 19.5. The summed E-state index contributed by atoms with van der Waals surface area (Å²) in [5.74, 6) is -6.69. The molecule has 35 heteroatoms. The van der Waals surface area contributed by atoms with Crippen molar-refractivity contribution in [3.8, 4) is 0 Å². The first-order valence-corrected chi connectivity index (χ1v) is 37.6. The van der Waals surface area contributed by atoms with E-state index in [1.165, 1.54) is 31.7 Å². The summed E-state index contributed by atoms with van der Waals surface area (Å²) in [4.78, 5) is 139. The lowest BCUT2D eigenvalue weighted by atomic mass is 10.1. The lowest BCUT2D eigenvalue weighted by molar-refractivity contribution is -0.145. The molecule has 12 rings (SSSR count). The first kappa shape index (κ1) is 77.1. The number of carboxylic acid groups (broad SMARTS) is 1. The zero-order valence-corrected chi connectivity index (χ0v) is 59.8. The van der Waals surface area contributed by atoms with Crippen molar-refractivity contribution in [1.29, 1.82) is 0 Å². The molecular weight excluding hydrogens is 1390 g/mol. The van der Waals surface area contributed by atoms with Crippen molar-refractivity contribution < 1.29 is 107 Å². The van der Waals surface area contributed by atoms with Crippen LogP contribution in [0.1, 0.15) is 141 Å². The Labute approximate surface area is 595 Å². The van der Waals surface area contributed by atoms with E-state index in [4.69, 9.17) is 33.6 Å². The highest BCUT2D eigenvalue weighted by atomic mass is 32.2. The molecule has 10 aliphatic rings. The van der Waals surface area contributed by atoms with Crippen LogP contribution in [0.2, 0.25) is 0 Å². The van der Waals surface area contributed by atoms with Gasteiger partial charge in [-0.1, -0.05) is 48.6 Å². The molecule has 564 valence electrons. The molecule has 0 aromatic heterocycles. The highest BCUT2D eigenvalue weighted by Gasteiger charge is 2.63. The van der Waals surface area contributed by atoms with Crippen LogP contribution in [0.5, 0.6) is 0 Å². The van der Waals surface area contributed by atoms with Crippen LogP contribution in [-0.4, -0.2) is 210 Å². The standard InChI is InChI=1S/C34H44FN5O10S.C31H39FN4O9.C3H7NO2S/c1-33(2,3)50-31(44)36-26-12-14-48-13-5-4-8-21-16-34(21,30(43)38-51(46,47)23-10-11-23)37-28(41)27-15-22(18-40(27)29(26)42)49-32(45)39-17-20-7-6-9-25(35)24(20)19-39;1-30(2,3)45-28(41)33-23-10-12-43-11-5-4-8-19-14-31(19,27(39)40)34-25(37)24-13-20(16-36(24)26(23)38)44-29(42)35-15-18-7-6-9-22(32)21(18)17-35;4-7(5,6)3-1-2-3/h4,6-9,21-23,26-27H,5,10-19H2,1-3H3,(H,36,44)(H,37,41)(H,38,43);4,6-9,19-20,23-24H,5,10-17H2,1-3H3,(H,33,41)(H,34,37)(H,39,40);3H,1-2H2,(H2,4,5,6)/b2*8-4-;/t21-,22-,26+,27+,34-;19-,20-,23+,24+,31-;/m11./s1. The van der Waals surface area contributed by atoms with Crippen LogP contribution in [0.4, 0.5) is 28.0 Å². The Kier molecular flexibility index (Phi) is 23.2. The van der Waals surface area contributed by atoms with Gasteiger partial charge in [0.25, 0.3) is 5.91 Å². The number of alkyl carbamates (subject to hydrolysis) is 2. The number of rotatable bonds is 9. The van der Waals surface area contributed by atoms with Gasteiger partial charge in [-0.05, 0) is 116 Å². The minimum atomic E-state index is -3.94. The molecule has 4 aliphatic carbocycles. The van der Waals surface area contributed by atoms with Gasteiger partial charge in [-0.2, -0.15) is 0 Å². The van der Waals surface area contributed by atoms with Crippen molar-refractivity contribution in [1.82, 2.24) is 45.6 Å². The fraction of sp³-hybridized carbons (Fsp3) is 0.618. The summed E-state index contributed by atoms with van der Waals surface area (Å²) in [6.45, 7) is 10.6. The van der Waals surface area contributed by atoms with Crippen molar-refractivity contribution in [2.45, 2.75) is 214 Å². The van der Waals surface area contributed by atoms with Crippen LogP contribution in [0.15, 0.2) is 60.7 Å². The van der Waals surface area contributed by atoms with Crippen molar-refractivity contribution in [3.63, 3.8) is 0 Å². The predicted octanol–water partition coefficient (Wildman–Crippen LogP) is 3.89. The van der Waals surface area contributed by atoms with Crippen molar-refractivity contribution in [3.05, 3.63) is 94.6 Å². The third-order valence-electron chi connectivity index (χ3n) is 19.0. The minimum absolute atomic E-state index is 0.0119. The first-order chi connectivity index (χ1) is 48.4. The molecule has 6 heterocycles. The summed E-state index contributed by atoms with van der Waals surface area (Å²) in [5, 5.41) is 24.4. The Bertz CT molecular complexity index is 3940. The maximum absolute atomic E-state index is 14.4. The molecule has 6 fully saturated rings. The second-order valence-corrected chi connectivity index (χ2v) is 33.2. The number of fused-ring (bicyclic) bond motifs is 6. The highest BCUT2D eigenvalue weighted by Crippen LogP contribution is 2.47. The second kappa shape index (κ2) is 31.0. The number of halogens is 2. The van der Waals surface area contributed by atoms with Crippen LogP contribution < -0.4 is 31.1 Å². The minimum Gasteiger partial charge on any atom is -0.479 e. The van der Waals surface area contributed by atoms with Gasteiger partial charge in [0, 0.05) is 74.9 Å². The Morgan fingerprint density at radius 3 is 1.41 bits per heavy atom. The number of carbonyl (C=O) groups is 10. The summed E-state index contributed by atoms with van der Waals surface area (Å²) >= 11 is 0. The highest BCUT2D eigenvalue weighted by molar-refractivity contribution is 7.91. The van der Waals surface area contributed by atoms with E-state index in [0.717, 1.165) is 12.8 Å². The molecule has 0 unspecified atom stereocenters. The van der Waals surface area contributed by atoms with Crippen molar-refractivity contribution in [2.24, 2.45) is 17.0 Å². The summed E-state index contributed by atoms with van der Waals surface area (Å²) in [5.41, 5.74) is -2.77. The number of nitrogens with zero attached hydrogens (tertiary/aromatic N) is 4. The topological polar surface area (TPSA) is 414 Å². The van der Waals surface area contributed by atoms with E-state index < -0.39 is 167 Å². The maximum atomic E-state index is 14.4. The molecule has 2 aromatic carbocycles. The van der Waals surface area contributed by atoms with E-state index in [9.17, 15) is 78.7 Å². The molecule has 0 bridgehead atoms. The van der Waals surface area contributed by atoms with E-state index >= 15 is 0 Å². The molecule has 31 nitrogen and oxygen atoms in total. The smallest absolute Gasteiger partial charge is 0.410 e. The SMILES string of the molecule is CC(C)(C)OC(=O)N[C@H]1CCOCC/C=C\[C@@H]2C[C@@]2(C(=O)NS(=O)(=O)C2CC2)NC(=O)[C@@H]2C[C@@H](OC(=O)N3Cc4cccc(F)c4C3)CN2C1=O.CC(C)(C)OC(=O)N[C@H]1CCOCC/C=C\[C@@H]2C[C@@]2(C(=O)O)NC(=O)[C@@H]2C[C@@H](OC(=O)N3Cc4cccc(F)c4C3)CN2C1=O.NS(=O)(=O)C1CC1. The Hall–Kier alpha value is -8.54. The van der Waals surface area contributed by atoms with Crippen molar-refractivity contribution in [2.75, 3.05) is 39.5 Å². The number of carboxylic acids is 1. The normalized spacial score (nSPS) is 28.6. The molecule has 2 aromatic rings. The average molecular weight is 1490 g/mol. The molecule has 2 saturated heterocycles. The number of hydrogen-bond donors (Lipinski definition) is 7. The second-order valence-electron chi connectivity index (χ2n) is 29.4. The van der Waals surface area contributed by atoms with Gasteiger partial charge < -0.3 is 64.6 Å². The summed E-state index contributed by atoms with van der Waals surface area (Å²) in [6, 6.07) is 4.36. The van der Waals surface area contributed by atoms with Gasteiger partial charge in [0.1, 0.15) is 70.3 Å². The number of aliphatic carboxylic acids is 1. The number of hydrogen-bond acceptors (Lipinski definition) is 20. The molecule has 8 N–H and O–H groups in total. The summed E-state index contributed by atoms with van der Waals surface area (Å²) in [6.07, 6.45) is 5.38. The zero-order chi connectivity index (χ0) is 74.7. The Morgan fingerprint density at radius 1 is 0.602 bits per heavy atom. The fourth-order valence-electron chi connectivity index (χ4n) is 13.1. The van der Waals surface area contributed by atoms with Gasteiger partial charge in [-0.25, -0.2) is 54.7 Å². The van der Waals surface area contributed by atoms with Gasteiger partial charge in [0.05, 0.1) is 49.9 Å². The number of benzene rings is 2. The molecule has 0 spiro atoms. The van der Waals surface area contributed by atoms with Gasteiger partial charge in [0.2, 0.25) is 43.7 Å². The van der Waals surface area contributed by atoms with Gasteiger partial charge in [-0.3, -0.25) is 38.5 Å². The monoisotopic (exact) mass is 1480 g/mol. The Balaban J connectivity index is 0.000000203. The first-order valence-electron chi connectivity index (χ1n) is 34.4. The molecule has 10 atom stereocenters. The number of ether oxygens (including phenoxy) is 6. The number of carbonyl (C=O) groups excluding carboxylic acids is 9. The van der Waals surface area contributed by atoms with E-state index in [2.05, 4.69) is 26.0 Å². The molecule has 103 heavy (non-hydrogen) atoms. The van der Waals surface area contributed by atoms with E-state index in [0.29, 0.717) is 54.5 Å². The average Bonchev–Trinajstić information content (AvgIpc) is 1.58. The summed E-state index contributed by atoms with van der Waals surface area (Å²) < 4.78 is 110. The van der Waals surface area contributed by atoms with Crippen molar-refractivity contribution >= 4 is 79.9 Å². The lowest BCUT2D eigenvalue weighted by Crippen LogP contribution is -2.58. The quantitative estimate of drug-likeness (QED) is 0.138. The van der Waals surface area contributed by atoms with E-state index in [1.54, 1.807) is 90.1 Å². The molecule has 0 radical (unpaired) electrons. The molecule has 9 amide bonds. The number of nitrogens with one attached hydrogen (secondary N) is 5. The number of primary sulfonamides is 1. The van der Waals surface area contributed by atoms with Crippen LogP contribution in [0, 0.1) is 23.5 Å². The Morgan fingerprint density at radius 2 is 1.02 bits per heavy atom. The van der Waals surface area contributed by atoms with Gasteiger partial charge in [0.15, 0.2) is 0 Å². The van der Waals surface area contributed by atoms with Crippen LogP contribution in [0.25, 0.3) is 0 Å². The maximum Gasteiger partial charge on any atom is 0.410 e. The van der Waals surface area contributed by atoms with Gasteiger partial charge in [-0.15, -0.1) is 0 Å². The summed E-state index contributed by atoms with van der Waals surface area (Å²) in [7, 11) is -7.07. The van der Waals surface area contributed by atoms with E-state index in [-0.39, 0.29) is 103 Å². The third-order valence-corrected chi connectivity index (χ3v) is 22.2. The zero-order valence-electron chi connectivity index (χ0n) is 58.2. The van der Waals surface area contributed by atoms with Crippen LogP contribution in [-0.2, 0) is 103 Å².